The Kier molecular flexibility index (Phi) is 2.77. The van der Waals surface area contributed by atoms with E-state index in [-0.39, 0.29) is 17.3 Å². The standard InChI is InChI=1S/C11H8N2O3/c14-10(15)8-4-1-2-5-9(8)16-11-12-6-3-7-13-11/h1-7H,(H,14,15)/p-1. The van der Waals surface area contributed by atoms with Gasteiger partial charge in [0, 0.05) is 18.0 Å². The zero-order chi connectivity index (χ0) is 11.4. The minimum atomic E-state index is -1.30. The summed E-state index contributed by atoms with van der Waals surface area (Å²) in [6.07, 6.45) is 3.01. The molecule has 1 heterocycles. The Balaban J connectivity index is 2.31. The first-order valence-electron chi connectivity index (χ1n) is 4.52. The molecule has 0 saturated carbocycles. The van der Waals surface area contributed by atoms with Gasteiger partial charge in [-0.15, -0.1) is 0 Å². The second kappa shape index (κ2) is 4.39. The van der Waals surface area contributed by atoms with Gasteiger partial charge in [-0.2, -0.15) is 0 Å². The quantitative estimate of drug-likeness (QED) is 0.750. The number of para-hydroxylation sites is 1. The second-order valence-corrected chi connectivity index (χ2v) is 2.92. The molecule has 0 spiro atoms. The molecule has 0 amide bonds. The molecule has 5 heteroatoms. The van der Waals surface area contributed by atoms with Crippen LogP contribution in [0.5, 0.6) is 11.8 Å². The van der Waals surface area contributed by atoms with Gasteiger partial charge in [0.2, 0.25) is 0 Å². The zero-order valence-electron chi connectivity index (χ0n) is 8.16. The van der Waals surface area contributed by atoms with Crippen LogP contribution in [0.1, 0.15) is 10.4 Å². The van der Waals surface area contributed by atoms with Crippen molar-refractivity contribution in [3.63, 3.8) is 0 Å². The van der Waals surface area contributed by atoms with E-state index in [4.69, 9.17) is 4.74 Å². The van der Waals surface area contributed by atoms with E-state index in [1.807, 2.05) is 0 Å². The molecule has 0 fully saturated rings. The number of rotatable bonds is 3. The van der Waals surface area contributed by atoms with Gasteiger partial charge in [-0.1, -0.05) is 12.1 Å². The summed E-state index contributed by atoms with van der Waals surface area (Å²) in [6, 6.07) is 7.89. The van der Waals surface area contributed by atoms with Crippen LogP contribution in [-0.4, -0.2) is 15.9 Å². The molecular formula is C11H7N2O3-. The largest absolute Gasteiger partial charge is 0.545 e. The second-order valence-electron chi connectivity index (χ2n) is 2.92. The Bertz CT molecular complexity index is 500. The number of carboxylic acid groups (broad SMARTS) is 1. The van der Waals surface area contributed by atoms with Gasteiger partial charge in [0.15, 0.2) is 0 Å². The van der Waals surface area contributed by atoms with Gasteiger partial charge in [-0.25, -0.2) is 9.97 Å². The summed E-state index contributed by atoms with van der Waals surface area (Å²) in [4.78, 5) is 18.4. The molecule has 2 rings (SSSR count). The van der Waals surface area contributed by atoms with Crippen molar-refractivity contribution in [3.05, 3.63) is 48.3 Å². The van der Waals surface area contributed by atoms with Gasteiger partial charge in [0.1, 0.15) is 5.75 Å². The van der Waals surface area contributed by atoms with Crippen molar-refractivity contribution in [2.75, 3.05) is 0 Å². The highest BCUT2D eigenvalue weighted by Gasteiger charge is 2.05. The van der Waals surface area contributed by atoms with Crippen LogP contribution in [0.2, 0.25) is 0 Å². The number of nitrogens with zero attached hydrogens (tertiary/aromatic N) is 2. The highest BCUT2D eigenvalue weighted by molar-refractivity contribution is 5.89. The molecule has 0 N–H and O–H groups in total. The summed E-state index contributed by atoms with van der Waals surface area (Å²) in [6.45, 7) is 0. The predicted octanol–water partition coefficient (Wildman–Crippen LogP) is 0.632. The molecule has 1 aromatic carbocycles. The lowest BCUT2D eigenvalue weighted by atomic mass is 10.2. The molecule has 0 aliphatic rings. The SMILES string of the molecule is O=C([O-])c1ccccc1Oc1ncccn1. The number of carboxylic acids is 1. The zero-order valence-corrected chi connectivity index (χ0v) is 8.16. The van der Waals surface area contributed by atoms with Crippen LogP contribution in [0.15, 0.2) is 42.7 Å². The van der Waals surface area contributed by atoms with E-state index >= 15 is 0 Å². The van der Waals surface area contributed by atoms with Gasteiger partial charge >= 0.3 is 6.01 Å². The number of aromatic nitrogens is 2. The molecule has 0 bridgehead atoms. The Morgan fingerprint density at radius 2 is 1.81 bits per heavy atom. The van der Waals surface area contributed by atoms with Crippen molar-refractivity contribution in [1.82, 2.24) is 9.97 Å². The molecule has 0 aliphatic heterocycles. The van der Waals surface area contributed by atoms with Crippen LogP contribution < -0.4 is 9.84 Å². The molecule has 2 aromatic rings. The third-order valence-corrected chi connectivity index (χ3v) is 1.85. The lowest BCUT2D eigenvalue weighted by Gasteiger charge is -2.09. The first-order chi connectivity index (χ1) is 7.77. The van der Waals surface area contributed by atoms with Crippen LogP contribution in [0.4, 0.5) is 0 Å². The van der Waals surface area contributed by atoms with Crippen LogP contribution in [0.3, 0.4) is 0 Å². The van der Waals surface area contributed by atoms with Crippen LogP contribution in [0.25, 0.3) is 0 Å². The van der Waals surface area contributed by atoms with Crippen molar-refractivity contribution in [2.24, 2.45) is 0 Å². The fourth-order valence-corrected chi connectivity index (χ4v) is 1.16. The Labute approximate surface area is 91.4 Å². The van der Waals surface area contributed by atoms with Crippen LogP contribution >= 0.6 is 0 Å². The summed E-state index contributed by atoms with van der Waals surface area (Å²) in [5.41, 5.74) is -0.0325. The lowest BCUT2D eigenvalue weighted by Crippen LogP contribution is -2.22. The summed E-state index contributed by atoms with van der Waals surface area (Å²) >= 11 is 0. The molecule has 16 heavy (non-hydrogen) atoms. The first kappa shape index (κ1) is 10.1. The Morgan fingerprint density at radius 3 is 2.50 bits per heavy atom. The topological polar surface area (TPSA) is 75.1 Å². The highest BCUT2D eigenvalue weighted by atomic mass is 16.5. The summed E-state index contributed by atoms with van der Waals surface area (Å²) < 4.78 is 5.23. The number of hydrogen-bond acceptors (Lipinski definition) is 5. The number of aromatic carboxylic acids is 1. The summed E-state index contributed by atoms with van der Waals surface area (Å²) in [5, 5.41) is 10.8. The van der Waals surface area contributed by atoms with E-state index < -0.39 is 5.97 Å². The molecule has 5 nitrogen and oxygen atoms in total. The van der Waals surface area contributed by atoms with Crippen molar-refractivity contribution < 1.29 is 14.6 Å². The minimum absolute atomic E-state index is 0.0325. The highest BCUT2D eigenvalue weighted by Crippen LogP contribution is 2.21. The van der Waals surface area contributed by atoms with Gasteiger partial charge in [0.25, 0.3) is 0 Å². The molecule has 0 saturated heterocycles. The fourth-order valence-electron chi connectivity index (χ4n) is 1.16. The van der Waals surface area contributed by atoms with E-state index in [1.54, 1.807) is 18.2 Å². The summed E-state index contributed by atoms with van der Waals surface area (Å²) in [7, 11) is 0. The maximum absolute atomic E-state index is 10.8. The Morgan fingerprint density at radius 1 is 1.12 bits per heavy atom. The molecule has 0 aliphatic carbocycles. The fraction of sp³-hybridized carbons (Fsp3) is 0. The minimum Gasteiger partial charge on any atom is -0.545 e. The predicted molar refractivity (Wildman–Crippen MR) is 52.9 cm³/mol. The van der Waals surface area contributed by atoms with E-state index in [2.05, 4.69) is 9.97 Å². The third-order valence-electron chi connectivity index (χ3n) is 1.85. The average molecular weight is 215 g/mol. The van der Waals surface area contributed by atoms with E-state index in [1.165, 1.54) is 24.5 Å². The number of carbonyl (C=O) groups is 1. The van der Waals surface area contributed by atoms with Gasteiger partial charge in [-0.3, -0.25) is 0 Å². The molecule has 0 atom stereocenters. The lowest BCUT2D eigenvalue weighted by molar-refractivity contribution is -0.255. The van der Waals surface area contributed by atoms with E-state index in [0.29, 0.717) is 0 Å². The normalized spacial score (nSPS) is 9.75. The van der Waals surface area contributed by atoms with Crippen LogP contribution in [0, 0.1) is 0 Å². The van der Waals surface area contributed by atoms with E-state index in [9.17, 15) is 9.90 Å². The van der Waals surface area contributed by atoms with Crippen molar-refractivity contribution in [3.8, 4) is 11.8 Å². The molecule has 1 aromatic heterocycles. The number of benzene rings is 1. The molecule has 0 unspecified atom stereocenters. The van der Waals surface area contributed by atoms with E-state index in [0.717, 1.165) is 0 Å². The number of hydrogen-bond donors (Lipinski definition) is 0. The van der Waals surface area contributed by atoms with Gasteiger partial charge in [0.05, 0.1) is 5.97 Å². The maximum Gasteiger partial charge on any atom is 0.321 e. The van der Waals surface area contributed by atoms with Crippen molar-refractivity contribution >= 4 is 5.97 Å². The summed E-state index contributed by atoms with van der Waals surface area (Å²) in [5.74, 6) is -1.14. The monoisotopic (exact) mass is 215 g/mol. The van der Waals surface area contributed by atoms with Crippen LogP contribution in [-0.2, 0) is 0 Å². The first-order valence-corrected chi connectivity index (χ1v) is 4.52. The smallest absolute Gasteiger partial charge is 0.321 e. The average Bonchev–Trinajstić information content (AvgIpc) is 2.31. The maximum atomic E-state index is 10.8. The van der Waals surface area contributed by atoms with Crippen molar-refractivity contribution in [1.29, 1.82) is 0 Å². The van der Waals surface area contributed by atoms with Gasteiger partial charge < -0.3 is 14.6 Å². The van der Waals surface area contributed by atoms with Gasteiger partial charge in [-0.05, 0) is 18.2 Å². The number of ether oxygens (including phenoxy) is 1. The molecular weight excluding hydrogens is 208 g/mol. The molecule has 0 radical (unpaired) electrons. The van der Waals surface area contributed by atoms with Crippen molar-refractivity contribution in [2.45, 2.75) is 0 Å². The number of carbonyl (C=O) groups excluding carboxylic acids is 1. The molecule has 80 valence electrons. The third kappa shape index (κ3) is 2.14. The Hall–Kier alpha value is -2.43.